The summed E-state index contributed by atoms with van der Waals surface area (Å²) in [7, 11) is -3.90. The third kappa shape index (κ3) is 4.03. The summed E-state index contributed by atoms with van der Waals surface area (Å²) in [5.41, 5.74) is 6.31. The molecule has 0 aliphatic carbocycles. The van der Waals surface area contributed by atoms with Crippen molar-refractivity contribution in [2.24, 2.45) is 0 Å². The van der Waals surface area contributed by atoms with E-state index >= 15 is 0 Å². The largest absolute Gasteiger partial charge is 0.507 e. The van der Waals surface area contributed by atoms with E-state index < -0.39 is 16.1 Å². The number of sulfonamides is 1. The van der Waals surface area contributed by atoms with Crippen LogP contribution in [-0.2, 0) is 16.6 Å². The molecule has 6 heteroatoms. The molecule has 5 rings (SSSR count). The maximum absolute atomic E-state index is 13.9. The second-order valence-electron chi connectivity index (χ2n) is 9.17. The summed E-state index contributed by atoms with van der Waals surface area (Å²) in [6, 6.07) is 21.9. The van der Waals surface area contributed by atoms with Crippen LogP contribution >= 0.6 is 0 Å². The van der Waals surface area contributed by atoms with Gasteiger partial charge in [0.1, 0.15) is 11.6 Å². The Balaban J connectivity index is 1.77. The number of hydrogen-bond donors (Lipinski definition) is 1. The Bertz CT molecular complexity index is 1510. The van der Waals surface area contributed by atoms with E-state index in [4.69, 9.17) is 0 Å². The minimum absolute atomic E-state index is 0.0335. The zero-order chi connectivity index (χ0) is 24.9. The molecule has 1 N–H and O–H groups in total. The Labute approximate surface area is 205 Å². The lowest BCUT2D eigenvalue weighted by Gasteiger charge is -2.26. The lowest BCUT2D eigenvalue weighted by atomic mass is 9.88. The van der Waals surface area contributed by atoms with E-state index in [1.165, 1.54) is 16.4 Å². The second-order valence-corrected chi connectivity index (χ2v) is 11.1. The number of phenolic OH excluding ortho intramolecular Hbond substituents is 1. The first kappa shape index (κ1) is 23.3. The molecule has 4 nitrogen and oxygen atoms in total. The summed E-state index contributed by atoms with van der Waals surface area (Å²) in [6.07, 6.45) is 0. The summed E-state index contributed by atoms with van der Waals surface area (Å²) in [5.74, 6) is -0.260. The van der Waals surface area contributed by atoms with Gasteiger partial charge in [-0.25, -0.2) is 12.8 Å². The van der Waals surface area contributed by atoms with Crippen LogP contribution in [-0.4, -0.2) is 17.8 Å². The maximum Gasteiger partial charge on any atom is 0.244 e. The molecule has 1 heterocycles. The van der Waals surface area contributed by atoms with Crippen molar-refractivity contribution in [1.29, 1.82) is 0 Å². The summed E-state index contributed by atoms with van der Waals surface area (Å²) in [5, 5.41) is 11.1. The van der Waals surface area contributed by atoms with Gasteiger partial charge in [-0.15, -0.1) is 0 Å². The Kier molecular flexibility index (Phi) is 5.74. The third-order valence-corrected chi connectivity index (χ3v) is 8.51. The fraction of sp³-hybridized carbons (Fsp3) is 0.172. The average Bonchev–Trinajstić information content (AvgIpc) is 3.25. The monoisotopic (exact) mass is 487 g/mol. The second kappa shape index (κ2) is 8.63. The van der Waals surface area contributed by atoms with Crippen LogP contribution in [0.25, 0.3) is 11.1 Å². The highest BCUT2D eigenvalue weighted by Crippen LogP contribution is 2.50. The highest BCUT2D eigenvalue weighted by atomic mass is 32.2. The number of aryl methyl sites for hydroxylation is 3. The molecule has 0 amide bonds. The maximum atomic E-state index is 13.9. The first-order valence-corrected chi connectivity index (χ1v) is 12.9. The summed E-state index contributed by atoms with van der Waals surface area (Å²) >= 11 is 0. The van der Waals surface area contributed by atoms with Gasteiger partial charge in [-0.05, 0) is 78.9 Å². The minimum atomic E-state index is -3.90. The quantitative estimate of drug-likeness (QED) is 0.362. The Morgan fingerprint density at radius 3 is 2.03 bits per heavy atom. The molecule has 0 aromatic heterocycles. The SMILES string of the molecule is Cc1ccc(C2c3c(-c4ccc(F)cc4)cc(C)c(O)c3CN2S(=O)(=O)c2ccc(C)cc2)cc1. The van der Waals surface area contributed by atoms with Crippen LogP contribution < -0.4 is 0 Å². The fourth-order valence-corrected chi connectivity index (χ4v) is 6.33. The molecule has 1 aliphatic rings. The zero-order valence-corrected chi connectivity index (χ0v) is 20.6. The summed E-state index contributed by atoms with van der Waals surface area (Å²) in [6.45, 7) is 5.71. The average molecular weight is 488 g/mol. The van der Waals surface area contributed by atoms with E-state index in [1.54, 1.807) is 43.3 Å². The number of benzene rings is 4. The van der Waals surface area contributed by atoms with Crippen molar-refractivity contribution in [1.82, 2.24) is 4.31 Å². The van der Waals surface area contributed by atoms with E-state index in [2.05, 4.69) is 0 Å². The molecule has 1 unspecified atom stereocenters. The number of nitrogens with zero attached hydrogens (tertiary/aromatic N) is 1. The number of halogens is 1. The Hall–Kier alpha value is -3.48. The first-order chi connectivity index (χ1) is 16.7. The third-order valence-electron chi connectivity index (χ3n) is 6.69. The van der Waals surface area contributed by atoms with E-state index in [0.29, 0.717) is 11.1 Å². The molecule has 4 aromatic rings. The fourth-order valence-electron chi connectivity index (χ4n) is 4.77. The van der Waals surface area contributed by atoms with Crippen LogP contribution in [0, 0.1) is 26.6 Å². The van der Waals surface area contributed by atoms with E-state index in [1.807, 2.05) is 44.2 Å². The molecule has 178 valence electrons. The van der Waals surface area contributed by atoms with E-state index in [9.17, 15) is 17.9 Å². The molecule has 1 aliphatic heterocycles. The molecule has 4 aromatic carbocycles. The molecule has 35 heavy (non-hydrogen) atoms. The van der Waals surface area contributed by atoms with Gasteiger partial charge >= 0.3 is 0 Å². The summed E-state index contributed by atoms with van der Waals surface area (Å²) < 4.78 is 43.1. The van der Waals surface area contributed by atoms with Crippen LogP contribution in [0.15, 0.2) is 83.8 Å². The van der Waals surface area contributed by atoms with Crippen LogP contribution in [0.2, 0.25) is 0 Å². The van der Waals surface area contributed by atoms with Crippen molar-refractivity contribution in [3.8, 4) is 16.9 Å². The highest BCUT2D eigenvalue weighted by Gasteiger charge is 2.43. The van der Waals surface area contributed by atoms with Gasteiger partial charge in [-0.1, -0.05) is 59.7 Å². The van der Waals surface area contributed by atoms with Crippen molar-refractivity contribution in [2.75, 3.05) is 0 Å². The molecule has 1 atom stereocenters. The van der Waals surface area contributed by atoms with E-state index in [-0.39, 0.29) is 23.0 Å². The molecule has 0 radical (unpaired) electrons. The molecule has 0 fully saturated rings. The lowest BCUT2D eigenvalue weighted by molar-refractivity contribution is 0.383. The normalized spacial score (nSPS) is 15.8. The summed E-state index contributed by atoms with van der Waals surface area (Å²) in [4.78, 5) is 0.201. The number of phenols is 1. The standard InChI is InChI=1S/C29H26FNO3S/c1-18-4-8-22(9-5-18)28-27-25(21-10-12-23(30)13-11-21)16-20(3)29(32)26(27)17-31(28)35(33,34)24-14-6-19(2)7-15-24/h4-16,28,32H,17H2,1-3H3. The van der Waals surface area contributed by atoms with Gasteiger partial charge in [-0.3, -0.25) is 0 Å². The van der Waals surface area contributed by atoms with Gasteiger partial charge in [-0.2, -0.15) is 4.31 Å². The predicted molar refractivity (Wildman–Crippen MR) is 135 cm³/mol. The zero-order valence-electron chi connectivity index (χ0n) is 19.8. The molecule has 0 saturated carbocycles. The van der Waals surface area contributed by atoms with Gasteiger partial charge in [0.05, 0.1) is 10.9 Å². The molecular formula is C29H26FNO3S. The molecule has 0 bridgehead atoms. The smallest absolute Gasteiger partial charge is 0.244 e. The Morgan fingerprint density at radius 1 is 0.857 bits per heavy atom. The van der Waals surface area contributed by atoms with Gasteiger partial charge < -0.3 is 5.11 Å². The van der Waals surface area contributed by atoms with Crippen molar-refractivity contribution >= 4 is 10.0 Å². The number of rotatable bonds is 4. The van der Waals surface area contributed by atoms with Crippen LogP contribution in [0.3, 0.4) is 0 Å². The number of fused-ring (bicyclic) bond motifs is 1. The molecular weight excluding hydrogens is 461 g/mol. The van der Waals surface area contributed by atoms with Crippen molar-refractivity contribution in [3.05, 3.63) is 118 Å². The minimum Gasteiger partial charge on any atom is -0.507 e. The van der Waals surface area contributed by atoms with Crippen molar-refractivity contribution in [2.45, 2.75) is 38.3 Å². The van der Waals surface area contributed by atoms with Gasteiger partial charge in [0.25, 0.3) is 0 Å². The van der Waals surface area contributed by atoms with Gasteiger partial charge in [0.2, 0.25) is 10.0 Å². The highest BCUT2D eigenvalue weighted by molar-refractivity contribution is 7.89. The van der Waals surface area contributed by atoms with Crippen LogP contribution in [0.1, 0.15) is 39.4 Å². The van der Waals surface area contributed by atoms with Crippen molar-refractivity contribution < 1.29 is 17.9 Å². The van der Waals surface area contributed by atoms with Gasteiger partial charge in [0, 0.05) is 12.1 Å². The molecule has 0 saturated heterocycles. The lowest BCUT2D eigenvalue weighted by Crippen LogP contribution is -2.30. The van der Waals surface area contributed by atoms with Crippen LogP contribution in [0.5, 0.6) is 5.75 Å². The predicted octanol–water partition coefficient (Wildman–Crippen LogP) is 6.42. The van der Waals surface area contributed by atoms with E-state index in [0.717, 1.165) is 33.4 Å². The molecule has 0 spiro atoms. The van der Waals surface area contributed by atoms with Gasteiger partial charge in [0.15, 0.2) is 0 Å². The first-order valence-electron chi connectivity index (χ1n) is 11.4. The van der Waals surface area contributed by atoms with Crippen LogP contribution in [0.4, 0.5) is 4.39 Å². The van der Waals surface area contributed by atoms with Crippen molar-refractivity contribution in [3.63, 3.8) is 0 Å². The Morgan fingerprint density at radius 2 is 1.43 bits per heavy atom. The number of aromatic hydroxyl groups is 1. The topological polar surface area (TPSA) is 57.6 Å². The number of hydrogen-bond acceptors (Lipinski definition) is 3.